The van der Waals surface area contributed by atoms with Gasteiger partial charge in [-0.05, 0) is 13.0 Å². The Morgan fingerprint density at radius 1 is 1.53 bits per heavy atom. The van der Waals surface area contributed by atoms with E-state index in [1.807, 2.05) is 11.8 Å². The highest BCUT2D eigenvalue weighted by Crippen LogP contribution is 2.41. The molecule has 2 aliphatic rings. The molecule has 0 spiro atoms. The number of nitro benzene ring substituents is 1. The fourth-order valence-electron chi connectivity index (χ4n) is 1.86. The van der Waals surface area contributed by atoms with Gasteiger partial charge in [-0.25, -0.2) is 0 Å². The van der Waals surface area contributed by atoms with Crippen molar-refractivity contribution in [1.29, 1.82) is 0 Å². The fourth-order valence-corrected chi connectivity index (χ4v) is 1.86. The van der Waals surface area contributed by atoms with Crippen molar-refractivity contribution in [2.24, 2.45) is 10.2 Å². The summed E-state index contributed by atoms with van der Waals surface area (Å²) in [6, 6.07) is 4.48. The molecule has 2 heterocycles. The van der Waals surface area contributed by atoms with Crippen LogP contribution < -0.4 is 9.64 Å². The van der Waals surface area contributed by atoms with Crippen LogP contribution in [0.15, 0.2) is 40.5 Å². The Morgan fingerprint density at radius 2 is 2.35 bits per heavy atom. The average Bonchev–Trinajstić information content (AvgIpc) is 2.70. The first-order valence-corrected chi connectivity index (χ1v) is 5.02. The molecular formula is C10H8N4O3. The summed E-state index contributed by atoms with van der Waals surface area (Å²) in [5, 5.41) is 18.6. The molecule has 0 amide bonds. The normalized spacial score (nSPS) is 20.4. The molecule has 1 atom stereocenters. The van der Waals surface area contributed by atoms with Crippen LogP contribution in [0.5, 0.6) is 5.75 Å². The van der Waals surface area contributed by atoms with Gasteiger partial charge in [0, 0.05) is 6.07 Å². The van der Waals surface area contributed by atoms with Gasteiger partial charge in [0.15, 0.2) is 11.6 Å². The molecule has 0 aliphatic carbocycles. The molecule has 7 nitrogen and oxygen atoms in total. The molecule has 1 aromatic carbocycles. The van der Waals surface area contributed by atoms with Gasteiger partial charge in [-0.1, -0.05) is 0 Å². The smallest absolute Gasteiger partial charge is 0.273 e. The minimum Gasteiger partial charge on any atom is -0.459 e. The molecule has 0 radical (unpaired) electrons. The minimum absolute atomic E-state index is 0.00123. The number of nitrogens with zero attached hydrogens (tertiary/aromatic N) is 4. The van der Waals surface area contributed by atoms with Crippen LogP contribution in [0.1, 0.15) is 6.92 Å². The lowest BCUT2D eigenvalue weighted by Gasteiger charge is -2.26. The third-order valence-electron chi connectivity index (χ3n) is 2.65. The number of anilines is 1. The van der Waals surface area contributed by atoms with Gasteiger partial charge in [0.1, 0.15) is 12.4 Å². The van der Waals surface area contributed by atoms with E-state index in [4.69, 9.17) is 4.74 Å². The first kappa shape index (κ1) is 9.76. The number of hydrogen-bond acceptors (Lipinski definition) is 6. The van der Waals surface area contributed by atoms with Crippen LogP contribution in [-0.4, -0.2) is 11.1 Å². The van der Waals surface area contributed by atoms with E-state index < -0.39 is 4.92 Å². The van der Waals surface area contributed by atoms with E-state index >= 15 is 0 Å². The van der Waals surface area contributed by atoms with Gasteiger partial charge in [0.2, 0.25) is 0 Å². The lowest BCUT2D eigenvalue weighted by atomic mass is 10.2. The maximum absolute atomic E-state index is 10.7. The largest absolute Gasteiger partial charge is 0.459 e. The summed E-state index contributed by atoms with van der Waals surface area (Å²) in [5.41, 5.74) is 0.743. The second kappa shape index (κ2) is 3.27. The lowest BCUT2D eigenvalue weighted by molar-refractivity contribution is -0.384. The monoisotopic (exact) mass is 232 g/mol. The number of hydrogen-bond donors (Lipinski definition) is 0. The maximum Gasteiger partial charge on any atom is 0.273 e. The van der Waals surface area contributed by atoms with E-state index in [0.29, 0.717) is 11.6 Å². The van der Waals surface area contributed by atoms with Crippen LogP contribution in [0.25, 0.3) is 0 Å². The topological polar surface area (TPSA) is 80.3 Å². The van der Waals surface area contributed by atoms with Gasteiger partial charge in [-0.3, -0.25) is 15.0 Å². The highest BCUT2D eigenvalue weighted by Gasteiger charge is 2.31. The van der Waals surface area contributed by atoms with Gasteiger partial charge in [0.05, 0.1) is 16.7 Å². The van der Waals surface area contributed by atoms with Crippen LogP contribution in [0.2, 0.25) is 0 Å². The SMILES string of the molecule is CC1N=NC2=COc3cc([N+](=O)[O-])ccc3N21. The third kappa shape index (κ3) is 1.36. The third-order valence-corrected chi connectivity index (χ3v) is 2.65. The molecule has 0 aromatic heterocycles. The van der Waals surface area contributed by atoms with Crippen molar-refractivity contribution in [3.8, 4) is 5.75 Å². The average molecular weight is 232 g/mol. The number of ether oxygens (including phenoxy) is 1. The second-order valence-corrected chi connectivity index (χ2v) is 3.72. The second-order valence-electron chi connectivity index (χ2n) is 3.72. The Kier molecular flexibility index (Phi) is 1.88. The van der Waals surface area contributed by atoms with Gasteiger partial charge < -0.3 is 4.74 Å². The zero-order chi connectivity index (χ0) is 12.0. The quantitative estimate of drug-likeness (QED) is 0.550. The molecular weight excluding hydrogens is 224 g/mol. The molecule has 0 N–H and O–H groups in total. The zero-order valence-electron chi connectivity index (χ0n) is 8.90. The fraction of sp³-hybridized carbons (Fsp3) is 0.200. The lowest BCUT2D eigenvalue weighted by Crippen LogP contribution is -2.28. The van der Waals surface area contributed by atoms with E-state index in [2.05, 4.69) is 10.2 Å². The molecule has 1 aromatic rings. The van der Waals surface area contributed by atoms with Gasteiger partial charge in [-0.15, -0.1) is 5.11 Å². The van der Waals surface area contributed by atoms with E-state index in [9.17, 15) is 10.1 Å². The molecule has 2 aliphatic heterocycles. The van der Waals surface area contributed by atoms with E-state index in [0.717, 1.165) is 5.69 Å². The molecule has 0 bridgehead atoms. The Morgan fingerprint density at radius 3 is 3.12 bits per heavy atom. The van der Waals surface area contributed by atoms with Gasteiger partial charge >= 0.3 is 0 Å². The van der Waals surface area contributed by atoms with Gasteiger partial charge in [0.25, 0.3) is 5.69 Å². The number of fused-ring (bicyclic) bond motifs is 3. The van der Waals surface area contributed by atoms with Crippen molar-refractivity contribution in [3.05, 3.63) is 40.4 Å². The van der Waals surface area contributed by atoms with Crippen molar-refractivity contribution in [2.75, 3.05) is 4.90 Å². The highest BCUT2D eigenvalue weighted by molar-refractivity contribution is 5.68. The van der Waals surface area contributed by atoms with Crippen molar-refractivity contribution in [1.82, 2.24) is 0 Å². The van der Waals surface area contributed by atoms with Crippen LogP contribution in [0, 0.1) is 10.1 Å². The minimum atomic E-state index is -0.453. The Hall–Kier alpha value is -2.44. The number of nitro groups is 1. The highest BCUT2D eigenvalue weighted by atomic mass is 16.6. The first-order chi connectivity index (χ1) is 8.16. The Labute approximate surface area is 96.2 Å². The van der Waals surface area contributed by atoms with Crippen LogP contribution in [-0.2, 0) is 0 Å². The zero-order valence-corrected chi connectivity index (χ0v) is 8.90. The molecule has 7 heteroatoms. The van der Waals surface area contributed by atoms with Crippen LogP contribution in [0.3, 0.4) is 0 Å². The number of azo groups is 1. The summed E-state index contributed by atoms with van der Waals surface area (Å²) >= 11 is 0. The molecule has 86 valence electrons. The molecule has 0 fully saturated rings. The summed E-state index contributed by atoms with van der Waals surface area (Å²) < 4.78 is 5.31. The van der Waals surface area contributed by atoms with Crippen molar-refractivity contribution >= 4 is 11.4 Å². The Bertz CT molecular complexity index is 567. The molecule has 0 saturated carbocycles. The van der Waals surface area contributed by atoms with Crippen LogP contribution in [0.4, 0.5) is 11.4 Å². The van der Waals surface area contributed by atoms with Crippen molar-refractivity contribution < 1.29 is 9.66 Å². The number of non-ortho nitro benzene ring substituents is 1. The standard InChI is InChI=1S/C10H8N4O3/c1-6-11-12-10-5-17-9-4-7(14(15)16)2-3-8(9)13(6)10/h2-6H,1H3. The predicted octanol–water partition coefficient (Wildman–Crippen LogP) is 2.40. The van der Waals surface area contributed by atoms with E-state index in [-0.39, 0.29) is 11.9 Å². The molecule has 3 rings (SSSR count). The van der Waals surface area contributed by atoms with Crippen molar-refractivity contribution in [3.63, 3.8) is 0 Å². The predicted molar refractivity (Wildman–Crippen MR) is 58.6 cm³/mol. The molecule has 17 heavy (non-hydrogen) atoms. The first-order valence-electron chi connectivity index (χ1n) is 5.02. The summed E-state index contributed by atoms with van der Waals surface area (Å²) in [4.78, 5) is 12.1. The summed E-state index contributed by atoms with van der Waals surface area (Å²) in [5.74, 6) is 1.06. The number of rotatable bonds is 1. The summed E-state index contributed by atoms with van der Waals surface area (Å²) in [6.45, 7) is 1.89. The van der Waals surface area contributed by atoms with E-state index in [1.165, 1.54) is 18.4 Å². The van der Waals surface area contributed by atoms with Crippen LogP contribution >= 0.6 is 0 Å². The molecule has 1 unspecified atom stereocenters. The Balaban J connectivity index is 2.08. The summed E-state index contributed by atoms with van der Waals surface area (Å²) in [7, 11) is 0. The van der Waals surface area contributed by atoms with E-state index in [1.54, 1.807) is 6.07 Å². The van der Waals surface area contributed by atoms with Gasteiger partial charge in [-0.2, -0.15) is 5.11 Å². The van der Waals surface area contributed by atoms with Crippen molar-refractivity contribution in [2.45, 2.75) is 13.1 Å². The maximum atomic E-state index is 10.7. The summed E-state index contributed by atoms with van der Waals surface area (Å²) in [6.07, 6.45) is 1.32. The number of benzene rings is 1. The molecule has 0 saturated heterocycles.